The van der Waals surface area contributed by atoms with E-state index in [1.807, 2.05) is 0 Å². The molecule has 1 aromatic rings. The van der Waals surface area contributed by atoms with Gasteiger partial charge in [0.25, 0.3) is 0 Å². The molecule has 5 nitrogen and oxygen atoms in total. The molecule has 1 rings (SSSR count). The monoisotopic (exact) mass is 318 g/mol. The zero-order valence-corrected chi connectivity index (χ0v) is 11.9. The molecule has 0 aliphatic heterocycles. The van der Waals surface area contributed by atoms with Gasteiger partial charge in [-0.2, -0.15) is 13.2 Å². The first-order valence-electron chi connectivity index (χ1n) is 6.68. The number of alkyl halides is 3. The highest BCUT2D eigenvalue weighted by molar-refractivity contribution is 5.93. The predicted molar refractivity (Wildman–Crippen MR) is 74.4 cm³/mol. The molecule has 0 aliphatic carbocycles. The Bertz CT molecular complexity index is 532. The summed E-state index contributed by atoms with van der Waals surface area (Å²) in [6.45, 7) is 1.40. The van der Waals surface area contributed by atoms with Gasteiger partial charge in [0.15, 0.2) is 0 Å². The van der Waals surface area contributed by atoms with E-state index < -0.39 is 29.7 Å². The maximum atomic E-state index is 12.8. The van der Waals surface area contributed by atoms with E-state index in [1.165, 1.54) is 12.1 Å². The number of anilines is 1. The van der Waals surface area contributed by atoms with Gasteiger partial charge >= 0.3 is 12.1 Å². The Morgan fingerprint density at radius 1 is 1.27 bits per heavy atom. The van der Waals surface area contributed by atoms with Crippen LogP contribution < -0.4 is 10.6 Å². The number of hydrogen-bond donors (Lipinski definition) is 3. The fraction of sp³-hybridized carbons (Fsp3) is 0.429. The molecule has 0 saturated carbocycles. The minimum atomic E-state index is -4.58. The van der Waals surface area contributed by atoms with Gasteiger partial charge in [-0.1, -0.05) is 25.5 Å². The van der Waals surface area contributed by atoms with E-state index in [1.54, 1.807) is 6.92 Å². The first-order valence-corrected chi connectivity index (χ1v) is 6.68. The van der Waals surface area contributed by atoms with Gasteiger partial charge < -0.3 is 10.4 Å². The Kier molecular flexibility index (Phi) is 6.36. The van der Waals surface area contributed by atoms with Crippen LogP contribution in [0.5, 0.6) is 0 Å². The van der Waals surface area contributed by atoms with E-state index in [9.17, 15) is 22.8 Å². The molecule has 0 spiro atoms. The smallest absolute Gasteiger partial charge is 0.418 e. The van der Waals surface area contributed by atoms with E-state index in [0.717, 1.165) is 12.1 Å². The van der Waals surface area contributed by atoms with Crippen LogP contribution in [0.2, 0.25) is 0 Å². The molecule has 22 heavy (non-hydrogen) atoms. The minimum Gasteiger partial charge on any atom is -0.480 e. The highest BCUT2D eigenvalue weighted by Gasteiger charge is 2.33. The third-order valence-corrected chi connectivity index (χ3v) is 2.89. The number of hydrogen-bond acceptors (Lipinski definition) is 3. The van der Waals surface area contributed by atoms with Gasteiger partial charge in [-0.05, 0) is 18.6 Å². The fourth-order valence-corrected chi connectivity index (χ4v) is 1.85. The quantitative estimate of drug-likeness (QED) is 0.722. The highest BCUT2D eigenvalue weighted by atomic mass is 19.4. The van der Waals surface area contributed by atoms with Gasteiger partial charge in [0.05, 0.1) is 17.8 Å². The fourth-order valence-electron chi connectivity index (χ4n) is 1.85. The second-order valence-electron chi connectivity index (χ2n) is 4.65. The first kappa shape index (κ1) is 18.0. The molecule has 0 aromatic heterocycles. The standard InChI is InChI=1S/C14H17F3N2O3/c1-2-5-11(13(21)22)18-8-12(20)19-10-7-4-3-6-9(10)14(15,16)17/h3-4,6-7,11,18H,2,5,8H2,1H3,(H,19,20)(H,21,22). The molecule has 122 valence electrons. The van der Waals surface area contributed by atoms with E-state index in [2.05, 4.69) is 10.6 Å². The van der Waals surface area contributed by atoms with Crippen LogP contribution >= 0.6 is 0 Å². The molecule has 0 heterocycles. The van der Waals surface area contributed by atoms with Crippen LogP contribution in [0.15, 0.2) is 24.3 Å². The van der Waals surface area contributed by atoms with Crippen molar-refractivity contribution in [2.75, 3.05) is 11.9 Å². The van der Waals surface area contributed by atoms with Crippen LogP contribution in [-0.2, 0) is 15.8 Å². The van der Waals surface area contributed by atoms with Crippen LogP contribution in [-0.4, -0.2) is 29.6 Å². The van der Waals surface area contributed by atoms with Crippen LogP contribution in [0.4, 0.5) is 18.9 Å². The average molecular weight is 318 g/mol. The average Bonchev–Trinajstić information content (AvgIpc) is 2.42. The number of aliphatic carboxylic acids is 1. The van der Waals surface area contributed by atoms with Crippen molar-refractivity contribution >= 4 is 17.6 Å². The minimum absolute atomic E-state index is 0.321. The summed E-state index contributed by atoms with van der Waals surface area (Å²) >= 11 is 0. The van der Waals surface area contributed by atoms with E-state index in [-0.39, 0.29) is 12.2 Å². The van der Waals surface area contributed by atoms with Gasteiger partial charge in [0.2, 0.25) is 5.91 Å². The molecular weight excluding hydrogens is 301 g/mol. The summed E-state index contributed by atoms with van der Waals surface area (Å²) in [5, 5.41) is 13.6. The third kappa shape index (κ3) is 5.36. The van der Waals surface area contributed by atoms with Crippen molar-refractivity contribution in [3.63, 3.8) is 0 Å². The number of nitrogens with one attached hydrogen (secondary N) is 2. The number of amides is 1. The van der Waals surface area contributed by atoms with Crippen molar-refractivity contribution in [2.24, 2.45) is 0 Å². The summed E-state index contributed by atoms with van der Waals surface area (Å²) in [6.07, 6.45) is -3.66. The van der Waals surface area contributed by atoms with Crippen LogP contribution in [0, 0.1) is 0 Å². The zero-order valence-electron chi connectivity index (χ0n) is 11.9. The molecule has 3 N–H and O–H groups in total. The molecule has 0 aliphatic rings. The van der Waals surface area contributed by atoms with Gasteiger partial charge in [0.1, 0.15) is 6.04 Å². The molecule has 1 amide bonds. The Hall–Kier alpha value is -2.09. The van der Waals surface area contributed by atoms with Gasteiger partial charge in [-0.3, -0.25) is 14.9 Å². The second kappa shape index (κ2) is 7.79. The van der Waals surface area contributed by atoms with E-state index in [4.69, 9.17) is 5.11 Å². The van der Waals surface area contributed by atoms with E-state index in [0.29, 0.717) is 12.8 Å². The van der Waals surface area contributed by atoms with Crippen molar-refractivity contribution in [1.82, 2.24) is 5.32 Å². The van der Waals surface area contributed by atoms with Gasteiger partial charge in [-0.15, -0.1) is 0 Å². The Labute approximate surface area is 125 Å². The largest absolute Gasteiger partial charge is 0.480 e. The van der Waals surface area contributed by atoms with Crippen LogP contribution in [0.1, 0.15) is 25.3 Å². The molecule has 0 bridgehead atoms. The lowest BCUT2D eigenvalue weighted by molar-refractivity contribution is -0.139. The maximum Gasteiger partial charge on any atom is 0.418 e. The summed E-state index contributed by atoms with van der Waals surface area (Å²) in [5.74, 6) is -1.84. The van der Waals surface area contributed by atoms with Gasteiger partial charge in [-0.25, -0.2) is 0 Å². The molecule has 0 radical (unpaired) electrons. The number of carboxylic acids is 1. The Morgan fingerprint density at radius 2 is 1.91 bits per heavy atom. The Balaban J connectivity index is 2.68. The van der Waals surface area contributed by atoms with Crippen molar-refractivity contribution in [3.8, 4) is 0 Å². The van der Waals surface area contributed by atoms with Crippen LogP contribution in [0.3, 0.4) is 0 Å². The number of carbonyl (C=O) groups excluding carboxylic acids is 1. The van der Waals surface area contributed by atoms with Gasteiger partial charge in [0, 0.05) is 0 Å². The topological polar surface area (TPSA) is 78.4 Å². The van der Waals surface area contributed by atoms with Crippen molar-refractivity contribution in [1.29, 1.82) is 0 Å². The van der Waals surface area contributed by atoms with Crippen molar-refractivity contribution in [3.05, 3.63) is 29.8 Å². The molecule has 0 saturated heterocycles. The van der Waals surface area contributed by atoms with Crippen molar-refractivity contribution < 1.29 is 27.9 Å². The maximum absolute atomic E-state index is 12.8. The molecule has 1 aromatic carbocycles. The van der Waals surface area contributed by atoms with Crippen molar-refractivity contribution in [2.45, 2.75) is 32.0 Å². The molecular formula is C14H17F3N2O3. The third-order valence-electron chi connectivity index (χ3n) is 2.89. The summed E-state index contributed by atoms with van der Waals surface area (Å²) in [6, 6.07) is 3.68. The summed E-state index contributed by atoms with van der Waals surface area (Å²) in [4.78, 5) is 22.6. The lowest BCUT2D eigenvalue weighted by atomic mass is 10.1. The number of rotatable bonds is 7. The highest BCUT2D eigenvalue weighted by Crippen LogP contribution is 2.34. The number of halogens is 3. The SMILES string of the molecule is CCCC(NCC(=O)Nc1ccccc1C(F)(F)F)C(=O)O. The summed E-state index contributed by atoms with van der Waals surface area (Å²) in [7, 11) is 0. The number of para-hydroxylation sites is 1. The predicted octanol–water partition coefficient (Wildman–Crippen LogP) is 2.49. The number of carbonyl (C=O) groups is 2. The summed E-state index contributed by atoms with van der Waals surface area (Å²) in [5.41, 5.74) is -1.31. The molecule has 1 atom stereocenters. The molecule has 1 unspecified atom stereocenters. The lowest BCUT2D eigenvalue weighted by Crippen LogP contribution is -2.41. The lowest BCUT2D eigenvalue weighted by Gasteiger charge is -2.15. The molecule has 8 heteroatoms. The van der Waals surface area contributed by atoms with E-state index >= 15 is 0 Å². The first-order chi connectivity index (χ1) is 10.3. The second-order valence-corrected chi connectivity index (χ2v) is 4.65. The number of benzene rings is 1. The van der Waals surface area contributed by atoms with Crippen LogP contribution in [0.25, 0.3) is 0 Å². The summed E-state index contributed by atoms with van der Waals surface area (Å²) < 4.78 is 38.3. The normalized spacial score (nSPS) is 12.7. The zero-order chi connectivity index (χ0) is 16.8. The Morgan fingerprint density at radius 3 is 2.45 bits per heavy atom. The molecule has 0 fully saturated rings. The number of carboxylic acid groups (broad SMARTS) is 1.